The lowest BCUT2D eigenvalue weighted by atomic mass is 9.98. The average Bonchev–Trinajstić information content (AvgIpc) is 2.86. The van der Waals surface area contributed by atoms with E-state index in [1.54, 1.807) is 11.3 Å². The van der Waals surface area contributed by atoms with Crippen LogP contribution in [-0.2, 0) is 0 Å². The highest BCUT2D eigenvalue weighted by Crippen LogP contribution is 2.34. The standard InChI is InChI=1S/C17H16BrNS/c1-10-8-14(18)11(2)7-13(10)17(19)16-9-12-5-3-4-6-15(12)20-16/h3-9,17H,19H2,1-2H3. The molecule has 1 atom stereocenters. The highest BCUT2D eigenvalue weighted by Gasteiger charge is 2.15. The van der Waals surface area contributed by atoms with Crippen molar-refractivity contribution < 1.29 is 0 Å². The van der Waals surface area contributed by atoms with Gasteiger partial charge >= 0.3 is 0 Å². The maximum atomic E-state index is 6.50. The minimum absolute atomic E-state index is 0.0563. The lowest BCUT2D eigenvalue weighted by Crippen LogP contribution is -2.12. The van der Waals surface area contributed by atoms with Crippen molar-refractivity contribution in [2.24, 2.45) is 5.73 Å². The molecule has 0 aliphatic carbocycles. The first-order valence-electron chi connectivity index (χ1n) is 6.57. The molecule has 0 aliphatic heterocycles. The SMILES string of the molecule is Cc1cc(C(N)c2cc3ccccc3s2)c(C)cc1Br. The molecule has 1 unspecified atom stereocenters. The Kier molecular flexibility index (Phi) is 3.67. The van der Waals surface area contributed by atoms with Crippen molar-refractivity contribution in [3.63, 3.8) is 0 Å². The van der Waals surface area contributed by atoms with E-state index < -0.39 is 0 Å². The Balaban J connectivity index is 2.07. The lowest BCUT2D eigenvalue weighted by molar-refractivity contribution is 0.880. The number of thiophene rings is 1. The minimum atomic E-state index is -0.0563. The first-order chi connectivity index (χ1) is 9.56. The molecule has 0 radical (unpaired) electrons. The summed E-state index contributed by atoms with van der Waals surface area (Å²) in [6.45, 7) is 4.22. The molecule has 3 rings (SSSR count). The minimum Gasteiger partial charge on any atom is -0.320 e. The van der Waals surface area contributed by atoms with E-state index in [-0.39, 0.29) is 6.04 Å². The Hall–Kier alpha value is -1.16. The van der Waals surface area contributed by atoms with Crippen LogP contribution in [0.4, 0.5) is 0 Å². The quantitative estimate of drug-likeness (QED) is 0.667. The zero-order valence-corrected chi connectivity index (χ0v) is 13.9. The largest absolute Gasteiger partial charge is 0.320 e. The van der Waals surface area contributed by atoms with Gasteiger partial charge in [0.15, 0.2) is 0 Å². The number of nitrogens with two attached hydrogens (primary N) is 1. The second-order valence-electron chi connectivity index (χ2n) is 5.12. The zero-order valence-electron chi connectivity index (χ0n) is 11.5. The van der Waals surface area contributed by atoms with E-state index in [1.807, 2.05) is 0 Å². The van der Waals surface area contributed by atoms with Crippen molar-refractivity contribution >= 4 is 37.4 Å². The summed E-state index contributed by atoms with van der Waals surface area (Å²) in [5.41, 5.74) is 10.2. The molecule has 3 aromatic rings. The fraction of sp³-hybridized carbons (Fsp3) is 0.176. The number of fused-ring (bicyclic) bond motifs is 1. The fourth-order valence-electron chi connectivity index (χ4n) is 2.45. The second-order valence-corrected chi connectivity index (χ2v) is 7.09. The normalized spacial score (nSPS) is 12.8. The molecule has 2 aromatic carbocycles. The molecule has 2 N–H and O–H groups in total. The summed E-state index contributed by atoms with van der Waals surface area (Å²) in [6.07, 6.45) is 0. The van der Waals surface area contributed by atoms with Gasteiger partial charge in [0, 0.05) is 14.0 Å². The average molecular weight is 346 g/mol. The maximum absolute atomic E-state index is 6.50. The molecule has 0 spiro atoms. The molecule has 0 saturated carbocycles. The number of benzene rings is 2. The van der Waals surface area contributed by atoms with Gasteiger partial charge in [-0.05, 0) is 54.1 Å². The predicted octanol–water partition coefficient (Wildman–Crippen LogP) is 5.33. The van der Waals surface area contributed by atoms with E-state index in [0.29, 0.717) is 0 Å². The van der Waals surface area contributed by atoms with Gasteiger partial charge in [-0.1, -0.05) is 40.2 Å². The fourth-order valence-corrected chi connectivity index (χ4v) is 3.99. The summed E-state index contributed by atoms with van der Waals surface area (Å²) < 4.78 is 2.44. The van der Waals surface area contributed by atoms with Crippen molar-refractivity contribution in [1.82, 2.24) is 0 Å². The predicted molar refractivity (Wildman–Crippen MR) is 91.5 cm³/mol. The van der Waals surface area contributed by atoms with Gasteiger partial charge in [0.2, 0.25) is 0 Å². The molecule has 3 heteroatoms. The van der Waals surface area contributed by atoms with Crippen molar-refractivity contribution in [3.8, 4) is 0 Å². The Morgan fingerprint density at radius 3 is 2.55 bits per heavy atom. The topological polar surface area (TPSA) is 26.0 Å². The van der Waals surface area contributed by atoms with Crippen LogP contribution < -0.4 is 5.73 Å². The van der Waals surface area contributed by atoms with Gasteiger partial charge in [-0.25, -0.2) is 0 Å². The number of aryl methyl sites for hydroxylation is 2. The van der Waals surface area contributed by atoms with Gasteiger partial charge in [0.05, 0.1) is 6.04 Å². The van der Waals surface area contributed by atoms with E-state index >= 15 is 0 Å². The van der Waals surface area contributed by atoms with Crippen molar-refractivity contribution in [2.45, 2.75) is 19.9 Å². The lowest BCUT2D eigenvalue weighted by Gasteiger charge is -2.15. The Bertz CT molecular complexity index is 743. The van der Waals surface area contributed by atoms with Crippen molar-refractivity contribution in [2.75, 3.05) is 0 Å². The molecule has 0 amide bonds. The van der Waals surface area contributed by atoms with Gasteiger partial charge in [-0.15, -0.1) is 11.3 Å². The molecule has 0 bridgehead atoms. The van der Waals surface area contributed by atoms with Crippen molar-refractivity contribution in [1.29, 1.82) is 0 Å². The van der Waals surface area contributed by atoms with E-state index in [0.717, 1.165) is 4.47 Å². The van der Waals surface area contributed by atoms with Crippen LogP contribution in [0.3, 0.4) is 0 Å². The van der Waals surface area contributed by atoms with E-state index in [2.05, 4.69) is 72.2 Å². The van der Waals surface area contributed by atoms with Crippen LogP contribution in [0.25, 0.3) is 10.1 Å². The highest BCUT2D eigenvalue weighted by atomic mass is 79.9. The molecule has 1 aromatic heterocycles. The van der Waals surface area contributed by atoms with Gasteiger partial charge < -0.3 is 5.73 Å². The summed E-state index contributed by atoms with van der Waals surface area (Å²) in [4.78, 5) is 1.22. The van der Waals surface area contributed by atoms with Crippen molar-refractivity contribution in [3.05, 3.63) is 68.5 Å². The van der Waals surface area contributed by atoms with Crippen LogP contribution in [0.1, 0.15) is 27.6 Å². The Labute approximate surface area is 131 Å². The summed E-state index contributed by atoms with van der Waals surface area (Å²) >= 11 is 5.36. The number of hydrogen-bond acceptors (Lipinski definition) is 2. The molecule has 102 valence electrons. The summed E-state index contributed by atoms with van der Waals surface area (Å²) in [7, 11) is 0. The molecule has 1 nitrogen and oxygen atoms in total. The Morgan fingerprint density at radius 1 is 1.05 bits per heavy atom. The number of hydrogen-bond donors (Lipinski definition) is 1. The van der Waals surface area contributed by atoms with Gasteiger partial charge in [-0.3, -0.25) is 0 Å². The first-order valence-corrected chi connectivity index (χ1v) is 8.18. The molecular formula is C17H16BrNS. The summed E-state index contributed by atoms with van der Waals surface area (Å²) in [5, 5.41) is 1.27. The third-order valence-electron chi connectivity index (χ3n) is 3.63. The highest BCUT2D eigenvalue weighted by molar-refractivity contribution is 9.10. The van der Waals surface area contributed by atoms with Crippen LogP contribution >= 0.6 is 27.3 Å². The molecule has 0 aliphatic rings. The first kappa shape index (κ1) is 13.8. The van der Waals surface area contributed by atoms with Crippen LogP contribution in [0, 0.1) is 13.8 Å². The van der Waals surface area contributed by atoms with Crippen LogP contribution in [0.5, 0.6) is 0 Å². The number of halogens is 1. The third kappa shape index (κ3) is 2.41. The summed E-state index contributed by atoms with van der Waals surface area (Å²) in [5.74, 6) is 0. The molecule has 20 heavy (non-hydrogen) atoms. The van der Waals surface area contributed by atoms with E-state index in [4.69, 9.17) is 5.73 Å². The molecular weight excluding hydrogens is 330 g/mol. The zero-order chi connectivity index (χ0) is 14.3. The van der Waals surface area contributed by atoms with Gasteiger partial charge in [-0.2, -0.15) is 0 Å². The number of rotatable bonds is 2. The maximum Gasteiger partial charge on any atom is 0.0649 e. The Morgan fingerprint density at radius 2 is 1.80 bits per heavy atom. The monoisotopic (exact) mass is 345 g/mol. The third-order valence-corrected chi connectivity index (χ3v) is 5.69. The second kappa shape index (κ2) is 5.32. The molecule has 1 heterocycles. The molecule has 0 fully saturated rings. The molecule has 0 saturated heterocycles. The van der Waals surface area contributed by atoms with Gasteiger partial charge in [0.25, 0.3) is 0 Å². The van der Waals surface area contributed by atoms with Crippen LogP contribution in [0.2, 0.25) is 0 Å². The van der Waals surface area contributed by atoms with E-state index in [1.165, 1.54) is 31.7 Å². The van der Waals surface area contributed by atoms with Gasteiger partial charge in [0.1, 0.15) is 0 Å². The van der Waals surface area contributed by atoms with Crippen LogP contribution in [-0.4, -0.2) is 0 Å². The smallest absolute Gasteiger partial charge is 0.0649 e. The summed E-state index contributed by atoms with van der Waals surface area (Å²) in [6, 6.07) is 14.9. The van der Waals surface area contributed by atoms with E-state index in [9.17, 15) is 0 Å². The van der Waals surface area contributed by atoms with Crippen LogP contribution in [0.15, 0.2) is 46.9 Å².